The number of hydrogen-bond donors (Lipinski definition) is 2. The third-order valence-electron chi connectivity index (χ3n) is 4.92. The fourth-order valence-electron chi connectivity index (χ4n) is 3.28. The van der Waals surface area contributed by atoms with Crippen molar-refractivity contribution in [2.75, 3.05) is 78.6 Å². The van der Waals surface area contributed by atoms with Gasteiger partial charge in [0.25, 0.3) is 0 Å². The lowest BCUT2D eigenvalue weighted by Gasteiger charge is -2.30. The summed E-state index contributed by atoms with van der Waals surface area (Å²) >= 11 is 0. The van der Waals surface area contributed by atoms with Gasteiger partial charge in [-0.25, -0.2) is 0 Å². The van der Waals surface area contributed by atoms with Crippen LogP contribution in [0.1, 0.15) is 40.5 Å². The van der Waals surface area contributed by atoms with E-state index in [4.69, 9.17) is 9.47 Å². The molecule has 1 heterocycles. The van der Waals surface area contributed by atoms with Crippen molar-refractivity contribution in [1.82, 2.24) is 20.0 Å². The average Bonchev–Trinajstić information content (AvgIpc) is 2.66. The molecule has 0 amide bonds. The number of carboxylic acids is 1. The Morgan fingerprint density at radius 3 is 1.81 bits per heavy atom. The lowest BCUT2D eigenvalue weighted by molar-refractivity contribution is -0.156. The summed E-state index contributed by atoms with van der Waals surface area (Å²) < 4.78 is 10.7. The maximum absolute atomic E-state index is 12.3. The minimum absolute atomic E-state index is 0.0900. The zero-order valence-electron chi connectivity index (χ0n) is 20.2. The van der Waals surface area contributed by atoms with Crippen LogP contribution in [0, 0.1) is 0 Å². The summed E-state index contributed by atoms with van der Waals surface area (Å²) in [6, 6.07) is 0. The average molecular weight is 459 g/mol. The Labute approximate surface area is 192 Å². The highest BCUT2D eigenvalue weighted by atomic mass is 16.6. The van der Waals surface area contributed by atoms with Crippen LogP contribution in [-0.4, -0.2) is 122 Å². The summed E-state index contributed by atoms with van der Waals surface area (Å²) in [5.41, 5.74) is -0.543. The van der Waals surface area contributed by atoms with Gasteiger partial charge >= 0.3 is 17.9 Å². The second kappa shape index (κ2) is 15.2. The number of aliphatic carboxylic acids is 1. The van der Waals surface area contributed by atoms with Gasteiger partial charge in [-0.15, -0.1) is 0 Å². The van der Waals surface area contributed by atoms with Crippen molar-refractivity contribution in [3.8, 4) is 0 Å². The Morgan fingerprint density at radius 1 is 0.844 bits per heavy atom. The van der Waals surface area contributed by atoms with E-state index in [1.165, 1.54) is 0 Å². The van der Waals surface area contributed by atoms with Gasteiger partial charge in [0.05, 0.1) is 26.2 Å². The van der Waals surface area contributed by atoms with Crippen LogP contribution in [0.2, 0.25) is 0 Å². The van der Waals surface area contributed by atoms with Gasteiger partial charge in [0.15, 0.2) is 0 Å². The van der Waals surface area contributed by atoms with Crippen molar-refractivity contribution in [3.05, 3.63) is 0 Å². The Hall–Kier alpha value is -1.75. The molecule has 1 aliphatic heterocycles. The minimum atomic E-state index is -0.900. The van der Waals surface area contributed by atoms with E-state index in [2.05, 4.69) is 5.32 Å². The molecule has 0 bridgehead atoms. The van der Waals surface area contributed by atoms with Crippen LogP contribution in [0.4, 0.5) is 0 Å². The zero-order valence-corrected chi connectivity index (χ0v) is 20.2. The molecule has 0 aromatic carbocycles. The fourth-order valence-corrected chi connectivity index (χ4v) is 3.28. The number of ether oxygens (including phenoxy) is 2. The zero-order chi connectivity index (χ0) is 24.0. The van der Waals surface area contributed by atoms with Crippen LogP contribution in [0.25, 0.3) is 0 Å². The van der Waals surface area contributed by atoms with Gasteiger partial charge < -0.3 is 19.9 Å². The number of hydrogen-bond acceptors (Lipinski definition) is 9. The van der Waals surface area contributed by atoms with Crippen molar-refractivity contribution in [2.24, 2.45) is 0 Å². The van der Waals surface area contributed by atoms with Crippen molar-refractivity contribution in [2.45, 2.75) is 46.1 Å². The molecule has 0 saturated carbocycles. The van der Waals surface area contributed by atoms with Gasteiger partial charge in [-0.05, 0) is 27.2 Å². The first-order chi connectivity index (χ1) is 15.1. The van der Waals surface area contributed by atoms with Crippen molar-refractivity contribution in [3.63, 3.8) is 0 Å². The molecule has 0 aromatic rings. The van der Waals surface area contributed by atoms with E-state index in [0.29, 0.717) is 59.0 Å². The number of carbonyl (C=O) groups is 3. The highest BCUT2D eigenvalue weighted by molar-refractivity contribution is 5.72. The van der Waals surface area contributed by atoms with Crippen molar-refractivity contribution >= 4 is 17.9 Å². The first kappa shape index (κ1) is 28.3. The SMILES string of the molecule is CCCCOC(=O)CN1CCNCCN(CC(=O)OC(C)(C)C)CCN(CC(=O)O)CC1. The number of carbonyl (C=O) groups excluding carboxylic acids is 2. The summed E-state index contributed by atoms with van der Waals surface area (Å²) in [7, 11) is 0. The topological polar surface area (TPSA) is 112 Å². The largest absolute Gasteiger partial charge is 0.480 e. The first-order valence-electron chi connectivity index (χ1n) is 11.6. The Balaban J connectivity index is 2.69. The van der Waals surface area contributed by atoms with E-state index in [9.17, 15) is 19.5 Å². The molecule has 32 heavy (non-hydrogen) atoms. The van der Waals surface area contributed by atoms with Gasteiger partial charge in [-0.2, -0.15) is 0 Å². The second-order valence-electron chi connectivity index (χ2n) is 9.13. The summed E-state index contributed by atoms with van der Waals surface area (Å²) in [4.78, 5) is 41.5. The Kier molecular flexibility index (Phi) is 13.4. The lowest BCUT2D eigenvalue weighted by Crippen LogP contribution is -2.48. The second-order valence-corrected chi connectivity index (χ2v) is 9.13. The minimum Gasteiger partial charge on any atom is -0.480 e. The Morgan fingerprint density at radius 2 is 1.34 bits per heavy atom. The first-order valence-corrected chi connectivity index (χ1v) is 11.6. The molecule has 10 nitrogen and oxygen atoms in total. The predicted octanol–water partition coefficient (Wildman–Crippen LogP) is 0.265. The van der Waals surface area contributed by atoms with Gasteiger partial charge in [-0.3, -0.25) is 29.1 Å². The van der Waals surface area contributed by atoms with Crippen LogP contribution in [0.5, 0.6) is 0 Å². The van der Waals surface area contributed by atoms with Crippen LogP contribution in [0.3, 0.4) is 0 Å². The standard InChI is InChI=1S/C22H42N4O6/c1-5-6-15-31-20(29)17-24-9-7-23-8-10-25(18-21(30)32-22(2,3)4)12-14-26(13-11-24)16-19(27)28/h23H,5-18H2,1-4H3,(H,27,28). The molecule has 0 radical (unpaired) electrons. The number of rotatable bonds is 9. The van der Waals surface area contributed by atoms with Crippen molar-refractivity contribution < 1.29 is 29.0 Å². The molecule has 0 atom stereocenters. The Bertz CT molecular complexity index is 581. The number of nitrogens with zero attached hydrogens (tertiary/aromatic N) is 3. The molecule has 10 heteroatoms. The predicted molar refractivity (Wildman–Crippen MR) is 122 cm³/mol. The van der Waals surface area contributed by atoms with Crippen LogP contribution in [-0.2, 0) is 23.9 Å². The molecule has 0 aliphatic carbocycles. The molecular formula is C22H42N4O6. The molecule has 1 rings (SSSR count). The third-order valence-corrected chi connectivity index (χ3v) is 4.92. The number of esters is 2. The van der Waals surface area contributed by atoms with Crippen LogP contribution < -0.4 is 5.32 Å². The normalized spacial score (nSPS) is 18.4. The third kappa shape index (κ3) is 14.3. The highest BCUT2D eigenvalue weighted by Crippen LogP contribution is 2.07. The van der Waals surface area contributed by atoms with Crippen LogP contribution in [0.15, 0.2) is 0 Å². The monoisotopic (exact) mass is 458 g/mol. The van der Waals surface area contributed by atoms with Gasteiger partial charge in [0, 0.05) is 52.4 Å². The molecule has 0 aromatic heterocycles. The molecular weight excluding hydrogens is 416 g/mol. The fraction of sp³-hybridized carbons (Fsp3) is 0.864. The van der Waals surface area contributed by atoms with E-state index in [-0.39, 0.29) is 31.6 Å². The molecule has 2 N–H and O–H groups in total. The van der Waals surface area contributed by atoms with E-state index in [1.54, 1.807) is 0 Å². The maximum Gasteiger partial charge on any atom is 0.320 e. The number of carboxylic acid groups (broad SMARTS) is 1. The number of nitrogens with one attached hydrogen (secondary N) is 1. The van der Waals surface area contributed by atoms with Crippen LogP contribution >= 0.6 is 0 Å². The van der Waals surface area contributed by atoms with E-state index in [0.717, 1.165) is 12.8 Å². The van der Waals surface area contributed by atoms with E-state index in [1.807, 2.05) is 42.4 Å². The summed E-state index contributed by atoms with van der Waals surface area (Å²) in [6.07, 6.45) is 1.81. The van der Waals surface area contributed by atoms with E-state index >= 15 is 0 Å². The highest BCUT2D eigenvalue weighted by Gasteiger charge is 2.21. The van der Waals surface area contributed by atoms with Gasteiger partial charge in [-0.1, -0.05) is 13.3 Å². The summed E-state index contributed by atoms with van der Waals surface area (Å²) in [5, 5.41) is 12.7. The van der Waals surface area contributed by atoms with E-state index < -0.39 is 11.6 Å². The lowest BCUT2D eigenvalue weighted by atomic mass is 10.2. The molecule has 0 spiro atoms. The van der Waals surface area contributed by atoms with Crippen molar-refractivity contribution in [1.29, 1.82) is 0 Å². The van der Waals surface area contributed by atoms with Gasteiger partial charge in [0.1, 0.15) is 5.60 Å². The molecule has 1 aliphatic rings. The smallest absolute Gasteiger partial charge is 0.320 e. The molecule has 0 unspecified atom stereocenters. The molecule has 1 saturated heterocycles. The quantitative estimate of drug-likeness (QED) is 0.369. The summed E-state index contributed by atoms with van der Waals surface area (Å²) in [5.74, 6) is -1.44. The molecule has 1 fully saturated rings. The molecule has 186 valence electrons. The van der Waals surface area contributed by atoms with Gasteiger partial charge in [0.2, 0.25) is 0 Å². The maximum atomic E-state index is 12.3. The summed E-state index contributed by atoms with van der Waals surface area (Å²) in [6.45, 7) is 13.0. The number of unbranched alkanes of at least 4 members (excludes halogenated alkanes) is 1.